The minimum atomic E-state index is -1.27. The number of carboxylic acids is 1. The van der Waals surface area contributed by atoms with Crippen LogP contribution < -0.4 is 5.73 Å². The molecule has 1 aromatic heterocycles. The molecule has 0 aliphatic heterocycles. The Morgan fingerprint density at radius 2 is 2.05 bits per heavy atom. The Bertz CT molecular complexity index is 724. The highest BCUT2D eigenvalue weighted by molar-refractivity contribution is 5.94. The Morgan fingerprint density at radius 1 is 1.38 bits per heavy atom. The molecule has 2 aromatic rings. The number of nitrogen functional groups attached to an aromatic ring is 1. The molecule has 21 heavy (non-hydrogen) atoms. The fourth-order valence-corrected chi connectivity index (χ4v) is 1.74. The smallest absolute Gasteiger partial charge is 0.337 e. The maximum atomic E-state index is 13.9. The zero-order chi connectivity index (χ0) is 15.7. The van der Waals surface area contributed by atoms with Crippen molar-refractivity contribution >= 4 is 17.6 Å². The number of hydrogen-bond acceptors (Lipinski definition) is 4. The molecule has 0 saturated carbocycles. The van der Waals surface area contributed by atoms with Gasteiger partial charge >= 0.3 is 5.97 Å². The van der Waals surface area contributed by atoms with Crippen molar-refractivity contribution in [1.29, 1.82) is 0 Å². The number of halogens is 1. The molecule has 2 rings (SSSR count). The number of carbonyl (C=O) groups is 2. The summed E-state index contributed by atoms with van der Waals surface area (Å²) in [5.74, 6) is -2.35. The van der Waals surface area contributed by atoms with Crippen LogP contribution in [0.3, 0.4) is 0 Å². The highest BCUT2D eigenvalue weighted by Crippen LogP contribution is 2.21. The molecule has 110 valence electrons. The number of carbonyl (C=O) groups excluding carboxylic acids is 1. The van der Waals surface area contributed by atoms with Crippen LogP contribution in [0.1, 0.15) is 20.8 Å². The van der Waals surface area contributed by atoms with Crippen LogP contribution in [-0.2, 0) is 0 Å². The lowest BCUT2D eigenvalue weighted by molar-refractivity contribution is 0.0697. The lowest BCUT2D eigenvalue weighted by atomic mass is 10.1. The van der Waals surface area contributed by atoms with Crippen molar-refractivity contribution in [1.82, 2.24) is 14.7 Å². The summed E-state index contributed by atoms with van der Waals surface area (Å²) >= 11 is 0. The van der Waals surface area contributed by atoms with Crippen LogP contribution in [0.2, 0.25) is 0 Å². The number of aromatic carboxylic acids is 1. The molecule has 7 nitrogen and oxygen atoms in total. The summed E-state index contributed by atoms with van der Waals surface area (Å²) in [4.78, 5) is 24.1. The van der Waals surface area contributed by atoms with Crippen molar-refractivity contribution in [3.05, 3.63) is 41.5 Å². The number of amides is 1. The molecule has 0 unspecified atom stereocenters. The van der Waals surface area contributed by atoms with Crippen molar-refractivity contribution < 1.29 is 19.1 Å². The van der Waals surface area contributed by atoms with E-state index < -0.39 is 11.8 Å². The lowest BCUT2D eigenvalue weighted by Crippen LogP contribution is -2.22. The Morgan fingerprint density at radius 3 is 2.62 bits per heavy atom. The average molecular weight is 292 g/mol. The zero-order valence-corrected chi connectivity index (χ0v) is 11.4. The van der Waals surface area contributed by atoms with Gasteiger partial charge in [0, 0.05) is 26.0 Å². The van der Waals surface area contributed by atoms with Gasteiger partial charge in [-0.25, -0.2) is 13.9 Å². The summed E-state index contributed by atoms with van der Waals surface area (Å²) < 4.78 is 15.0. The van der Waals surface area contributed by atoms with Crippen LogP contribution in [-0.4, -0.2) is 45.8 Å². The SMILES string of the molecule is CN(C)C(=O)c1ccn(-c2cc(C(=O)O)c(N)cc2F)n1. The summed E-state index contributed by atoms with van der Waals surface area (Å²) in [5.41, 5.74) is 5.06. The van der Waals surface area contributed by atoms with Crippen LogP contribution in [0.15, 0.2) is 24.4 Å². The summed E-state index contributed by atoms with van der Waals surface area (Å²) in [7, 11) is 3.13. The van der Waals surface area contributed by atoms with E-state index in [0.29, 0.717) is 0 Å². The molecule has 0 bridgehead atoms. The second-order valence-electron chi connectivity index (χ2n) is 4.54. The van der Waals surface area contributed by atoms with Gasteiger partial charge in [-0.05, 0) is 18.2 Å². The van der Waals surface area contributed by atoms with E-state index in [1.54, 1.807) is 14.1 Å². The predicted octanol–water partition coefficient (Wildman–Crippen LogP) is 0.994. The number of aromatic nitrogens is 2. The van der Waals surface area contributed by atoms with Gasteiger partial charge in [0.1, 0.15) is 5.69 Å². The van der Waals surface area contributed by atoms with E-state index in [2.05, 4.69) is 5.10 Å². The lowest BCUT2D eigenvalue weighted by Gasteiger charge is -2.08. The van der Waals surface area contributed by atoms with Gasteiger partial charge in [-0.3, -0.25) is 4.79 Å². The van der Waals surface area contributed by atoms with Gasteiger partial charge in [0.15, 0.2) is 11.5 Å². The Balaban J connectivity index is 2.50. The molecule has 0 aliphatic carbocycles. The second-order valence-corrected chi connectivity index (χ2v) is 4.54. The summed E-state index contributed by atoms with van der Waals surface area (Å²) in [6, 6.07) is 3.40. The molecular formula is C13H13FN4O3. The van der Waals surface area contributed by atoms with Gasteiger partial charge in [0.05, 0.1) is 5.56 Å². The molecule has 0 fully saturated rings. The fraction of sp³-hybridized carbons (Fsp3) is 0.154. The Kier molecular flexibility index (Phi) is 3.62. The molecule has 1 aromatic carbocycles. The van der Waals surface area contributed by atoms with Crippen molar-refractivity contribution in [2.45, 2.75) is 0 Å². The molecule has 0 radical (unpaired) electrons. The number of nitrogens with two attached hydrogens (primary N) is 1. The first-order valence-electron chi connectivity index (χ1n) is 5.91. The molecule has 0 spiro atoms. The van der Waals surface area contributed by atoms with E-state index in [0.717, 1.165) is 16.8 Å². The molecule has 3 N–H and O–H groups in total. The molecule has 1 heterocycles. The van der Waals surface area contributed by atoms with Crippen LogP contribution in [0.5, 0.6) is 0 Å². The van der Waals surface area contributed by atoms with Crippen LogP contribution in [0.25, 0.3) is 5.69 Å². The summed E-state index contributed by atoms with van der Waals surface area (Å²) in [5, 5.41) is 12.9. The van der Waals surface area contributed by atoms with Crippen molar-refractivity contribution in [2.24, 2.45) is 0 Å². The van der Waals surface area contributed by atoms with Gasteiger partial charge in [-0.15, -0.1) is 0 Å². The predicted molar refractivity (Wildman–Crippen MR) is 72.9 cm³/mol. The summed E-state index contributed by atoms with van der Waals surface area (Å²) in [6.07, 6.45) is 1.37. The Labute approximate surface area is 119 Å². The number of rotatable bonds is 3. The van der Waals surface area contributed by atoms with E-state index in [9.17, 15) is 14.0 Å². The van der Waals surface area contributed by atoms with E-state index in [1.165, 1.54) is 17.2 Å². The highest BCUT2D eigenvalue weighted by atomic mass is 19.1. The molecular weight excluding hydrogens is 279 g/mol. The quantitative estimate of drug-likeness (QED) is 0.822. The molecule has 8 heteroatoms. The maximum Gasteiger partial charge on any atom is 0.337 e. The van der Waals surface area contributed by atoms with E-state index in [-0.39, 0.29) is 28.5 Å². The van der Waals surface area contributed by atoms with Crippen LogP contribution in [0, 0.1) is 5.82 Å². The number of carboxylic acid groups (broad SMARTS) is 1. The number of hydrogen-bond donors (Lipinski definition) is 2. The third-order valence-electron chi connectivity index (χ3n) is 2.81. The third-order valence-corrected chi connectivity index (χ3v) is 2.81. The zero-order valence-electron chi connectivity index (χ0n) is 11.4. The maximum absolute atomic E-state index is 13.9. The second kappa shape index (κ2) is 5.23. The van der Waals surface area contributed by atoms with Crippen LogP contribution >= 0.6 is 0 Å². The van der Waals surface area contributed by atoms with Gasteiger partial charge < -0.3 is 15.7 Å². The standard InChI is InChI=1S/C13H13FN4O3/c1-17(2)12(19)10-3-4-18(16-10)11-5-7(13(20)21)9(15)6-8(11)14/h3-6H,15H2,1-2H3,(H,20,21). The van der Waals surface area contributed by atoms with E-state index >= 15 is 0 Å². The number of nitrogens with zero attached hydrogens (tertiary/aromatic N) is 3. The van der Waals surface area contributed by atoms with Crippen LogP contribution in [0.4, 0.5) is 10.1 Å². The van der Waals surface area contributed by atoms with E-state index in [1.807, 2.05) is 0 Å². The fourth-order valence-electron chi connectivity index (χ4n) is 1.74. The minimum Gasteiger partial charge on any atom is -0.478 e. The van der Waals surface area contributed by atoms with Gasteiger partial charge in [-0.1, -0.05) is 0 Å². The molecule has 1 amide bonds. The molecule has 0 aliphatic rings. The Hall–Kier alpha value is -2.90. The normalized spacial score (nSPS) is 10.4. The first kappa shape index (κ1) is 14.5. The molecule has 0 saturated heterocycles. The van der Waals surface area contributed by atoms with Crippen molar-refractivity contribution in [3.8, 4) is 5.69 Å². The van der Waals surface area contributed by atoms with Crippen molar-refractivity contribution in [3.63, 3.8) is 0 Å². The minimum absolute atomic E-state index is 0.0978. The van der Waals surface area contributed by atoms with Gasteiger partial charge in [-0.2, -0.15) is 5.10 Å². The monoisotopic (exact) mass is 292 g/mol. The number of anilines is 1. The van der Waals surface area contributed by atoms with Crippen molar-refractivity contribution in [2.75, 3.05) is 19.8 Å². The third kappa shape index (κ3) is 2.69. The van der Waals surface area contributed by atoms with Gasteiger partial charge in [0.2, 0.25) is 0 Å². The number of benzene rings is 1. The largest absolute Gasteiger partial charge is 0.478 e. The average Bonchev–Trinajstić information content (AvgIpc) is 2.86. The first-order valence-corrected chi connectivity index (χ1v) is 5.91. The summed E-state index contributed by atoms with van der Waals surface area (Å²) in [6.45, 7) is 0. The topological polar surface area (TPSA) is 101 Å². The van der Waals surface area contributed by atoms with E-state index in [4.69, 9.17) is 10.8 Å². The van der Waals surface area contributed by atoms with Gasteiger partial charge in [0.25, 0.3) is 5.91 Å². The first-order chi connectivity index (χ1) is 9.81. The molecule has 0 atom stereocenters. The highest BCUT2D eigenvalue weighted by Gasteiger charge is 2.17.